The number of hydrogen-bond acceptors (Lipinski definition) is 5. The summed E-state index contributed by atoms with van der Waals surface area (Å²) in [4.78, 5) is 4.43. The second-order valence-electron chi connectivity index (χ2n) is 5.23. The average Bonchev–Trinajstić information content (AvgIpc) is 2.78. The van der Waals surface area contributed by atoms with Crippen LogP contribution in [0.15, 0.2) is 18.3 Å². The number of rotatable bonds is 3. The van der Waals surface area contributed by atoms with Gasteiger partial charge in [-0.1, -0.05) is 0 Å². The van der Waals surface area contributed by atoms with Crippen LogP contribution < -0.4 is 4.74 Å². The van der Waals surface area contributed by atoms with Crippen LogP contribution in [0, 0.1) is 5.92 Å². The molecule has 0 amide bonds. The van der Waals surface area contributed by atoms with Crippen molar-refractivity contribution in [3.05, 3.63) is 24.2 Å². The van der Waals surface area contributed by atoms with Crippen LogP contribution in [-0.2, 0) is 16.3 Å². The Hall–Kier alpha value is -1.63. The smallest absolute Gasteiger partial charge is 0.155 e. The molecule has 0 saturated carbocycles. The van der Waals surface area contributed by atoms with Gasteiger partial charge in [-0.2, -0.15) is 5.10 Å². The van der Waals surface area contributed by atoms with Gasteiger partial charge in [-0.05, 0) is 30.9 Å². The van der Waals surface area contributed by atoms with E-state index in [1.54, 1.807) is 17.8 Å². The van der Waals surface area contributed by atoms with Crippen LogP contribution >= 0.6 is 0 Å². The maximum atomic E-state index is 11.6. The number of hydrogen-bond donors (Lipinski definition) is 0. The summed E-state index contributed by atoms with van der Waals surface area (Å²) in [6, 6.07) is 3.67. The van der Waals surface area contributed by atoms with Gasteiger partial charge in [0.2, 0.25) is 0 Å². The zero-order chi connectivity index (χ0) is 14.2. The van der Waals surface area contributed by atoms with Crippen LogP contribution in [0.1, 0.15) is 18.7 Å². The Morgan fingerprint density at radius 1 is 1.45 bits per heavy atom. The fraction of sp³-hybridized carbons (Fsp3) is 0.538. The van der Waals surface area contributed by atoms with Gasteiger partial charge in [0.05, 0.1) is 24.8 Å². The summed E-state index contributed by atoms with van der Waals surface area (Å²) in [6.45, 7) is 0. The second-order valence-corrected chi connectivity index (χ2v) is 7.46. The Balaban J connectivity index is 1.80. The van der Waals surface area contributed by atoms with E-state index < -0.39 is 9.84 Å². The van der Waals surface area contributed by atoms with Gasteiger partial charge < -0.3 is 4.74 Å². The first kappa shape index (κ1) is 13.4. The maximum absolute atomic E-state index is 11.6. The van der Waals surface area contributed by atoms with E-state index in [9.17, 15) is 8.42 Å². The van der Waals surface area contributed by atoms with Crippen molar-refractivity contribution < 1.29 is 13.2 Å². The number of ether oxygens (including phenoxy) is 1. The molecule has 1 saturated heterocycles. The Morgan fingerprint density at radius 3 is 3.05 bits per heavy atom. The predicted molar refractivity (Wildman–Crippen MR) is 74.6 cm³/mol. The summed E-state index contributed by atoms with van der Waals surface area (Å²) < 4.78 is 30.1. The predicted octanol–water partition coefficient (Wildman–Crippen LogP) is 1.11. The normalized spacial score (nSPS) is 21.9. The van der Waals surface area contributed by atoms with Crippen molar-refractivity contribution in [2.45, 2.75) is 19.3 Å². The Bertz CT molecular complexity index is 724. The monoisotopic (exact) mass is 295 g/mol. The van der Waals surface area contributed by atoms with E-state index in [1.807, 2.05) is 12.1 Å². The van der Waals surface area contributed by atoms with Gasteiger partial charge in [-0.25, -0.2) is 17.9 Å². The number of fused-ring (bicyclic) bond motifs is 1. The first-order valence-corrected chi connectivity index (χ1v) is 8.47. The molecular formula is C13H17N3O3S. The fourth-order valence-corrected chi connectivity index (χ4v) is 4.43. The number of aromatic nitrogens is 3. The number of sulfone groups is 1. The standard InChI is InChI=1S/C13H17N3O3S/c1-19-11-4-5-13-14-12(15-16(13)8-11)7-10-3-2-6-20(17,18)9-10/h4-5,8,10H,2-3,6-7,9H2,1H3. The molecule has 6 nitrogen and oxygen atoms in total. The van der Waals surface area contributed by atoms with Crippen LogP contribution in [0.25, 0.3) is 5.65 Å². The highest BCUT2D eigenvalue weighted by atomic mass is 32.2. The Morgan fingerprint density at radius 2 is 2.30 bits per heavy atom. The highest BCUT2D eigenvalue weighted by Crippen LogP contribution is 2.21. The van der Waals surface area contributed by atoms with E-state index >= 15 is 0 Å². The molecule has 3 heterocycles. The minimum Gasteiger partial charge on any atom is -0.495 e. The van der Waals surface area contributed by atoms with E-state index in [4.69, 9.17) is 4.74 Å². The summed E-state index contributed by atoms with van der Waals surface area (Å²) in [7, 11) is -1.27. The van der Waals surface area contributed by atoms with Crippen LogP contribution in [0.4, 0.5) is 0 Å². The first-order chi connectivity index (χ1) is 9.55. The number of pyridine rings is 1. The van der Waals surface area contributed by atoms with E-state index in [0.29, 0.717) is 23.7 Å². The maximum Gasteiger partial charge on any atom is 0.155 e. The molecule has 0 aliphatic carbocycles. The van der Waals surface area contributed by atoms with Crippen molar-refractivity contribution in [1.29, 1.82) is 0 Å². The summed E-state index contributed by atoms with van der Waals surface area (Å²) in [5.74, 6) is 2.12. The summed E-state index contributed by atoms with van der Waals surface area (Å²) in [5.41, 5.74) is 0.750. The SMILES string of the molecule is COc1ccc2nc(CC3CCCS(=O)(=O)C3)nn2c1. The molecule has 0 radical (unpaired) electrons. The molecule has 1 aliphatic heterocycles. The van der Waals surface area contributed by atoms with Crippen molar-refractivity contribution >= 4 is 15.5 Å². The zero-order valence-electron chi connectivity index (χ0n) is 11.3. The largest absolute Gasteiger partial charge is 0.495 e. The third kappa shape index (κ3) is 2.77. The van der Waals surface area contributed by atoms with Gasteiger partial charge in [0.25, 0.3) is 0 Å². The second kappa shape index (κ2) is 5.05. The lowest BCUT2D eigenvalue weighted by molar-refractivity contribution is 0.411. The molecule has 1 fully saturated rings. The topological polar surface area (TPSA) is 73.6 Å². The third-order valence-corrected chi connectivity index (χ3v) is 5.50. The van der Waals surface area contributed by atoms with Crippen LogP contribution in [0.3, 0.4) is 0 Å². The minimum absolute atomic E-state index is 0.132. The van der Waals surface area contributed by atoms with Crippen molar-refractivity contribution in [3.63, 3.8) is 0 Å². The molecule has 0 aromatic carbocycles. The quantitative estimate of drug-likeness (QED) is 0.848. The van der Waals surface area contributed by atoms with Gasteiger partial charge in [0.15, 0.2) is 21.3 Å². The molecule has 7 heteroatoms. The Labute approximate surface area is 117 Å². The summed E-state index contributed by atoms with van der Waals surface area (Å²) in [5, 5.41) is 4.39. The average molecular weight is 295 g/mol. The first-order valence-electron chi connectivity index (χ1n) is 6.65. The van der Waals surface area contributed by atoms with Crippen molar-refractivity contribution in [1.82, 2.24) is 14.6 Å². The van der Waals surface area contributed by atoms with Gasteiger partial charge in [0.1, 0.15) is 5.75 Å². The van der Waals surface area contributed by atoms with Gasteiger partial charge >= 0.3 is 0 Å². The molecule has 2 aromatic rings. The van der Waals surface area contributed by atoms with Crippen LogP contribution in [0.2, 0.25) is 0 Å². The minimum atomic E-state index is -2.88. The highest BCUT2D eigenvalue weighted by Gasteiger charge is 2.25. The van der Waals surface area contributed by atoms with E-state index in [0.717, 1.165) is 18.5 Å². The molecule has 108 valence electrons. The number of methoxy groups -OCH3 is 1. The van der Waals surface area contributed by atoms with E-state index in [1.165, 1.54) is 0 Å². The molecular weight excluding hydrogens is 278 g/mol. The lowest BCUT2D eigenvalue weighted by atomic mass is 10.0. The van der Waals surface area contributed by atoms with Gasteiger partial charge in [-0.15, -0.1) is 0 Å². The van der Waals surface area contributed by atoms with Gasteiger partial charge in [-0.3, -0.25) is 0 Å². The number of nitrogens with zero attached hydrogens (tertiary/aromatic N) is 3. The molecule has 3 rings (SSSR count). The molecule has 0 N–H and O–H groups in total. The third-order valence-electron chi connectivity index (χ3n) is 3.61. The molecule has 1 aliphatic rings. The Kier molecular flexibility index (Phi) is 3.37. The lowest BCUT2D eigenvalue weighted by Crippen LogP contribution is -2.26. The van der Waals surface area contributed by atoms with E-state index in [-0.39, 0.29) is 11.7 Å². The fourth-order valence-electron chi connectivity index (χ4n) is 2.65. The van der Waals surface area contributed by atoms with Crippen LogP contribution in [-0.4, -0.2) is 41.6 Å². The van der Waals surface area contributed by atoms with Crippen molar-refractivity contribution in [2.24, 2.45) is 5.92 Å². The lowest BCUT2D eigenvalue weighted by Gasteiger charge is -2.20. The molecule has 1 atom stereocenters. The van der Waals surface area contributed by atoms with Gasteiger partial charge in [0, 0.05) is 6.42 Å². The molecule has 0 bridgehead atoms. The molecule has 2 aromatic heterocycles. The zero-order valence-corrected chi connectivity index (χ0v) is 12.1. The van der Waals surface area contributed by atoms with E-state index in [2.05, 4.69) is 10.1 Å². The summed E-state index contributed by atoms with van der Waals surface area (Å²) >= 11 is 0. The van der Waals surface area contributed by atoms with Crippen molar-refractivity contribution in [2.75, 3.05) is 18.6 Å². The molecule has 1 unspecified atom stereocenters. The molecule has 20 heavy (non-hydrogen) atoms. The van der Waals surface area contributed by atoms with Crippen molar-refractivity contribution in [3.8, 4) is 5.75 Å². The van der Waals surface area contributed by atoms with Crippen LogP contribution in [0.5, 0.6) is 5.75 Å². The molecule has 0 spiro atoms. The summed E-state index contributed by atoms with van der Waals surface area (Å²) in [6.07, 6.45) is 4.05. The highest BCUT2D eigenvalue weighted by molar-refractivity contribution is 7.91.